The number of hydrogen-bond donors (Lipinski definition) is 1. The molecule has 1 heterocycles. The van der Waals surface area contributed by atoms with Crippen molar-refractivity contribution in [1.82, 2.24) is 4.57 Å². The van der Waals surface area contributed by atoms with Gasteiger partial charge in [0.1, 0.15) is 6.54 Å². The highest BCUT2D eigenvalue weighted by Crippen LogP contribution is 2.18. The average Bonchev–Trinajstić information content (AvgIpc) is 2.64. The molecular formula is C19H15BrN2O4. The molecule has 0 unspecified atom stereocenters. The van der Waals surface area contributed by atoms with Gasteiger partial charge in [-0.1, -0.05) is 28.1 Å². The van der Waals surface area contributed by atoms with Gasteiger partial charge in [0.05, 0.1) is 23.9 Å². The topological polar surface area (TPSA) is 77.4 Å². The molecule has 7 heteroatoms. The summed E-state index contributed by atoms with van der Waals surface area (Å²) in [7, 11) is 1.28. The number of carbonyl (C=O) groups excluding carboxylic acids is 2. The van der Waals surface area contributed by atoms with E-state index >= 15 is 0 Å². The molecule has 3 rings (SSSR count). The lowest BCUT2D eigenvalue weighted by atomic mass is 10.1. The van der Waals surface area contributed by atoms with Crippen LogP contribution in [-0.2, 0) is 16.1 Å². The fourth-order valence-electron chi connectivity index (χ4n) is 2.65. The van der Waals surface area contributed by atoms with E-state index in [0.717, 1.165) is 4.47 Å². The summed E-state index contributed by atoms with van der Waals surface area (Å²) in [5.74, 6) is -0.853. The molecule has 1 N–H and O–H groups in total. The number of pyridine rings is 1. The highest BCUT2D eigenvalue weighted by atomic mass is 79.9. The van der Waals surface area contributed by atoms with E-state index in [4.69, 9.17) is 4.74 Å². The third kappa shape index (κ3) is 3.67. The second-order valence-corrected chi connectivity index (χ2v) is 6.47. The number of nitrogens with one attached hydrogen (secondary N) is 1. The average molecular weight is 415 g/mol. The Labute approximate surface area is 157 Å². The molecule has 0 saturated carbocycles. The van der Waals surface area contributed by atoms with E-state index in [-0.39, 0.29) is 23.4 Å². The van der Waals surface area contributed by atoms with Crippen LogP contribution < -0.4 is 10.7 Å². The van der Waals surface area contributed by atoms with Crippen molar-refractivity contribution in [3.8, 4) is 0 Å². The van der Waals surface area contributed by atoms with Crippen LogP contribution in [0.3, 0.4) is 0 Å². The lowest BCUT2D eigenvalue weighted by molar-refractivity contribution is -0.116. The number of esters is 1. The van der Waals surface area contributed by atoms with Crippen molar-refractivity contribution in [1.29, 1.82) is 0 Å². The van der Waals surface area contributed by atoms with Crippen LogP contribution in [-0.4, -0.2) is 23.6 Å². The molecule has 3 aromatic rings. The monoisotopic (exact) mass is 414 g/mol. The van der Waals surface area contributed by atoms with Crippen LogP contribution in [0.25, 0.3) is 10.9 Å². The summed E-state index contributed by atoms with van der Waals surface area (Å²) < 4.78 is 7.19. The summed E-state index contributed by atoms with van der Waals surface area (Å²) in [6.07, 6.45) is 1.57. The first-order valence-corrected chi connectivity index (χ1v) is 8.55. The zero-order valence-electron chi connectivity index (χ0n) is 13.9. The molecule has 1 amide bonds. The molecule has 0 aliphatic heterocycles. The van der Waals surface area contributed by atoms with Gasteiger partial charge in [0.25, 0.3) is 0 Å². The maximum atomic E-state index is 12.5. The smallest absolute Gasteiger partial charge is 0.339 e. The minimum atomic E-state index is -0.528. The Bertz CT molecular complexity index is 1060. The molecule has 1 aromatic heterocycles. The van der Waals surface area contributed by atoms with Crippen LogP contribution in [0.1, 0.15) is 10.4 Å². The zero-order chi connectivity index (χ0) is 18.7. The maximum Gasteiger partial charge on any atom is 0.339 e. The van der Waals surface area contributed by atoms with Crippen LogP contribution in [0.5, 0.6) is 0 Å². The van der Waals surface area contributed by atoms with Crippen LogP contribution in [0.2, 0.25) is 0 Å². The van der Waals surface area contributed by atoms with Gasteiger partial charge in [0.15, 0.2) is 5.43 Å². The first-order valence-electron chi connectivity index (χ1n) is 7.75. The van der Waals surface area contributed by atoms with Gasteiger partial charge in [-0.3, -0.25) is 9.59 Å². The molecule has 0 aliphatic rings. The molecule has 6 nitrogen and oxygen atoms in total. The van der Waals surface area contributed by atoms with E-state index in [1.165, 1.54) is 13.2 Å². The largest absolute Gasteiger partial charge is 0.465 e. The fourth-order valence-corrected chi connectivity index (χ4v) is 3.01. The van der Waals surface area contributed by atoms with Gasteiger partial charge in [-0.2, -0.15) is 0 Å². The van der Waals surface area contributed by atoms with Gasteiger partial charge in [0.2, 0.25) is 5.91 Å². The normalized spacial score (nSPS) is 10.5. The maximum absolute atomic E-state index is 12.5. The van der Waals surface area contributed by atoms with Crippen molar-refractivity contribution in [2.75, 3.05) is 12.4 Å². The third-order valence-corrected chi connectivity index (χ3v) is 4.35. The Morgan fingerprint density at radius 2 is 1.92 bits per heavy atom. The summed E-state index contributed by atoms with van der Waals surface area (Å²) >= 11 is 3.34. The predicted molar refractivity (Wildman–Crippen MR) is 102 cm³/mol. The quantitative estimate of drug-likeness (QED) is 0.664. The summed E-state index contributed by atoms with van der Waals surface area (Å²) in [6, 6.07) is 13.3. The number of halogens is 1. The van der Waals surface area contributed by atoms with Gasteiger partial charge in [-0.25, -0.2) is 4.79 Å². The molecule has 26 heavy (non-hydrogen) atoms. The van der Waals surface area contributed by atoms with E-state index in [2.05, 4.69) is 21.2 Å². The molecule has 0 spiro atoms. The van der Waals surface area contributed by atoms with Crippen molar-refractivity contribution in [3.63, 3.8) is 0 Å². The number of nitrogens with zero attached hydrogens (tertiary/aromatic N) is 1. The minimum absolute atomic E-state index is 0.00603. The molecular weight excluding hydrogens is 400 g/mol. The van der Waals surface area contributed by atoms with Gasteiger partial charge >= 0.3 is 5.97 Å². The van der Waals surface area contributed by atoms with E-state index in [9.17, 15) is 14.4 Å². The minimum Gasteiger partial charge on any atom is -0.465 e. The van der Waals surface area contributed by atoms with Gasteiger partial charge in [-0.15, -0.1) is 0 Å². The number of rotatable bonds is 4. The van der Waals surface area contributed by atoms with Crippen molar-refractivity contribution in [2.45, 2.75) is 6.54 Å². The highest BCUT2D eigenvalue weighted by Gasteiger charge is 2.14. The Hall–Kier alpha value is -2.93. The number of methoxy groups -OCH3 is 1. The Morgan fingerprint density at radius 3 is 2.69 bits per heavy atom. The second-order valence-electron chi connectivity index (χ2n) is 5.55. The third-order valence-electron chi connectivity index (χ3n) is 3.86. The lowest BCUT2D eigenvalue weighted by Gasteiger charge is -2.13. The van der Waals surface area contributed by atoms with E-state index in [1.807, 2.05) is 6.07 Å². The first kappa shape index (κ1) is 17.9. The summed E-state index contributed by atoms with van der Waals surface area (Å²) in [5.41, 5.74) is 1.18. The van der Waals surface area contributed by atoms with Crippen LogP contribution >= 0.6 is 15.9 Å². The van der Waals surface area contributed by atoms with Gasteiger partial charge in [0, 0.05) is 22.1 Å². The number of carbonyl (C=O) groups is 2. The standard InChI is InChI=1S/C19H15BrN2O4/c1-26-19(25)13-4-2-3-5-15(13)21-18(24)11-22-9-8-17(23)14-10-12(20)6-7-16(14)22/h2-10H,11H2,1H3,(H,21,24). The van der Waals surface area contributed by atoms with E-state index in [1.54, 1.807) is 47.2 Å². The van der Waals surface area contributed by atoms with Crippen LogP contribution in [0.15, 0.2) is 64.0 Å². The Morgan fingerprint density at radius 1 is 1.15 bits per heavy atom. The lowest BCUT2D eigenvalue weighted by Crippen LogP contribution is -2.21. The van der Waals surface area contributed by atoms with Crippen molar-refractivity contribution < 1.29 is 14.3 Å². The van der Waals surface area contributed by atoms with E-state index in [0.29, 0.717) is 16.6 Å². The molecule has 0 saturated heterocycles. The first-order chi connectivity index (χ1) is 12.5. The molecule has 0 aliphatic carbocycles. The summed E-state index contributed by atoms with van der Waals surface area (Å²) in [5, 5.41) is 3.24. The number of anilines is 1. The second kappa shape index (κ2) is 7.53. The van der Waals surface area contributed by atoms with Crippen LogP contribution in [0, 0.1) is 0 Å². The molecule has 0 atom stereocenters. The number of amides is 1. The number of benzene rings is 2. The van der Waals surface area contributed by atoms with Crippen molar-refractivity contribution in [3.05, 3.63) is 75.0 Å². The number of para-hydroxylation sites is 1. The number of ether oxygens (including phenoxy) is 1. The van der Waals surface area contributed by atoms with Gasteiger partial charge in [-0.05, 0) is 30.3 Å². The SMILES string of the molecule is COC(=O)c1ccccc1NC(=O)Cn1ccc(=O)c2cc(Br)ccc21. The van der Waals surface area contributed by atoms with Crippen molar-refractivity contribution >= 4 is 44.4 Å². The number of hydrogen-bond acceptors (Lipinski definition) is 4. The molecule has 0 radical (unpaired) electrons. The number of fused-ring (bicyclic) bond motifs is 1. The van der Waals surface area contributed by atoms with Crippen molar-refractivity contribution in [2.24, 2.45) is 0 Å². The summed E-state index contributed by atoms with van der Waals surface area (Å²) in [4.78, 5) is 36.3. The molecule has 0 fully saturated rings. The summed E-state index contributed by atoms with van der Waals surface area (Å²) in [6.45, 7) is -0.00603. The number of aromatic nitrogens is 1. The molecule has 132 valence electrons. The van der Waals surface area contributed by atoms with Gasteiger partial charge < -0.3 is 14.6 Å². The zero-order valence-corrected chi connectivity index (χ0v) is 15.4. The predicted octanol–water partition coefficient (Wildman–Crippen LogP) is 3.19. The fraction of sp³-hybridized carbons (Fsp3) is 0.105. The Kier molecular flexibility index (Phi) is 5.18. The molecule has 2 aromatic carbocycles. The Balaban J connectivity index is 1.88. The highest BCUT2D eigenvalue weighted by molar-refractivity contribution is 9.10. The van der Waals surface area contributed by atoms with Crippen LogP contribution in [0.4, 0.5) is 5.69 Å². The molecule has 0 bridgehead atoms. The van der Waals surface area contributed by atoms with E-state index < -0.39 is 5.97 Å².